The quantitative estimate of drug-likeness (QED) is 0.298. The van der Waals surface area contributed by atoms with E-state index in [1.165, 1.54) is 6.19 Å². The maximum absolute atomic E-state index is 8.06. The highest BCUT2D eigenvalue weighted by atomic mass is 14.8. The molecule has 0 rings (SSSR count). The van der Waals surface area contributed by atoms with Crippen LogP contribution >= 0.6 is 0 Å². The number of nitrogens with one attached hydrogen (secondary N) is 1. The molecule has 0 saturated carbocycles. The minimum Gasteiger partial charge on any atom is -0.298 e. The van der Waals surface area contributed by atoms with Crippen molar-refractivity contribution in [2.75, 3.05) is 0 Å². The number of nitriles is 3. The predicted octanol–water partition coefficient (Wildman–Crippen LogP) is -0.0119. The summed E-state index contributed by atoms with van der Waals surface area (Å²) in [7, 11) is 0. The van der Waals surface area contributed by atoms with Crippen LogP contribution in [-0.2, 0) is 0 Å². The molecule has 42 valence electrons. The molecule has 0 amide bonds. The number of nitrogens with zero attached hydrogens (tertiary/aromatic N) is 3. The van der Waals surface area contributed by atoms with Crippen molar-refractivity contribution in [2.24, 2.45) is 0 Å². The molecule has 0 aromatic heterocycles. The van der Waals surface area contributed by atoms with Crippen molar-refractivity contribution in [3.63, 3.8) is 0 Å². The van der Waals surface area contributed by atoms with Crippen LogP contribution in [0.5, 0.6) is 0 Å². The minimum atomic E-state index is -0.114. The molecular weight excluding hydrogens is 116 g/mol. The molecule has 0 radical (unpaired) electrons. The third-order valence-electron chi connectivity index (χ3n) is 0.522. The van der Waals surface area contributed by atoms with Crippen molar-refractivity contribution in [3.05, 3.63) is 11.8 Å². The van der Waals surface area contributed by atoms with Gasteiger partial charge in [-0.1, -0.05) is 0 Å². The van der Waals surface area contributed by atoms with Gasteiger partial charge in [0.2, 0.25) is 0 Å². The van der Waals surface area contributed by atoms with Crippen LogP contribution in [0.25, 0.3) is 0 Å². The summed E-state index contributed by atoms with van der Waals surface area (Å²) in [5, 5.41) is 26.1. The summed E-state index contributed by atoms with van der Waals surface area (Å²) in [6, 6.07) is 3.15. The molecule has 9 heavy (non-hydrogen) atoms. The lowest BCUT2D eigenvalue weighted by Gasteiger charge is -1.77. The molecule has 0 heterocycles. The van der Waals surface area contributed by atoms with Gasteiger partial charge in [0.05, 0.1) is 0 Å². The van der Waals surface area contributed by atoms with Crippen LogP contribution < -0.4 is 5.32 Å². The number of hydrogen-bond acceptors (Lipinski definition) is 4. The molecule has 0 atom stereocenters. The maximum Gasteiger partial charge on any atom is 0.180 e. The molecule has 4 heteroatoms. The van der Waals surface area contributed by atoms with Crippen LogP contribution in [0.15, 0.2) is 11.8 Å². The monoisotopic (exact) mass is 118 g/mol. The fraction of sp³-hybridized carbons (Fsp3) is 0. The lowest BCUT2D eigenvalue weighted by molar-refractivity contribution is 1.19. The van der Waals surface area contributed by atoms with E-state index >= 15 is 0 Å². The molecule has 0 bridgehead atoms. The van der Waals surface area contributed by atoms with Crippen LogP contribution in [0.4, 0.5) is 0 Å². The summed E-state index contributed by atoms with van der Waals surface area (Å²) in [6.07, 6.45) is 2.58. The molecule has 0 unspecified atom stereocenters. The van der Waals surface area contributed by atoms with Gasteiger partial charge >= 0.3 is 0 Å². The van der Waals surface area contributed by atoms with E-state index in [1.54, 1.807) is 12.1 Å². The maximum atomic E-state index is 8.06. The lowest BCUT2D eigenvalue weighted by atomic mass is 10.4. The van der Waals surface area contributed by atoms with Gasteiger partial charge in [-0.05, 0) is 0 Å². The Kier molecular flexibility index (Phi) is 3.25. The van der Waals surface area contributed by atoms with Crippen molar-refractivity contribution < 1.29 is 0 Å². The largest absolute Gasteiger partial charge is 0.298 e. The van der Waals surface area contributed by atoms with Crippen molar-refractivity contribution in [3.8, 4) is 18.3 Å². The molecule has 0 spiro atoms. The number of hydrogen-bond donors (Lipinski definition) is 1. The van der Waals surface area contributed by atoms with E-state index in [-0.39, 0.29) is 5.57 Å². The van der Waals surface area contributed by atoms with Gasteiger partial charge in [-0.3, -0.25) is 5.32 Å². The van der Waals surface area contributed by atoms with Crippen LogP contribution in [-0.4, -0.2) is 0 Å². The lowest BCUT2D eigenvalue weighted by Crippen LogP contribution is -1.92. The molecule has 0 aliphatic rings. The van der Waals surface area contributed by atoms with Gasteiger partial charge in [-0.15, -0.1) is 0 Å². The van der Waals surface area contributed by atoms with Gasteiger partial charge in [0, 0.05) is 6.20 Å². The summed E-state index contributed by atoms with van der Waals surface area (Å²) in [5.41, 5.74) is -0.114. The Morgan fingerprint density at radius 2 is 1.78 bits per heavy atom. The smallest absolute Gasteiger partial charge is 0.180 e. The Morgan fingerprint density at radius 3 is 2.11 bits per heavy atom. The Balaban J connectivity index is 4.05. The molecule has 0 aliphatic carbocycles. The fourth-order valence-corrected chi connectivity index (χ4v) is 0.194. The van der Waals surface area contributed by atoms with Gasteiger partial charge < -0.3 is 0 Å². The van der Waals surface area contributed by atoms with Crippen LogP contribution in [0.3, 0.4) is 0 Å². The second-order valence-corrected chi connectivity index (χ2v) is 1.04. The average molecular weight is 118 g/mol. The van der Waals surface area contributed by atoms with Gasteiger partial charge in [-0.25, -0.2) is 0 Å². The molecule has 4 nitrogen and oxygen atoms in total. The summed E-state index contributed by atoms with van der Waals surface area (Å²) < 4.78 is 0. The highest BCUT2D eigenvalue weighted by Gasteiger charge is 1.86. The topological polar surface area (TPSA) is 83.4 Å². The van der Waals surface area contributed by atoms with Gasteiger partial charge in [0.15, 0.2) is 6.19 Å². The standard InChI is InChI=1S/C5H2N4/c6-1-5(2-7)3-9-4-8/h3,9H. The molecular formula is C5H2N4. The molecule has 0 aromatic carbocycles. The zero-order chi connectivity index (χ0) is 7.11. The molecule has 0 fully saturated rings. The SMILES string of the molecule is N#CNC=C(C#N)C#N. The third-order valence-corrected chi connectivity index (χ3v) is 0.522. The Morgan fingerprint density at radius 1 is 1.22 bits per heavy atom. The van der Waals surface area contributed by atoms with Crippen LogP contribution in [0.1, 0.15) is 0 Å². The van der Waals surface area contributed by atoms with Crippen LogP contribution in [0, 0.1) is 34.1 Å². The Hall–Kier alpha value is -1.99. The van der Waals surface area contributed by atoms with E-state index in [2.05, 4.69) is 0 Å². The van der Waals surface area contributed by atoms with Crippen molar-refractivity contribution in [1.29, 1.82) is 15.8 Å². The van der Waals surface area contributed by atoms with Crippen molar-refractivity contribution in [1.82, 2.24) is 5.32 Å². The zero-order valence-electron chi connectivity index (χ0n) is 4.42. The van der Waals surface area contributed by atoms with E-state index in [0.717, 1.165) is 6.20 Å². The van der Waals surface area contributed by atoms with E-state index in [4.69, 9.17) is 15.8 Å². The van der Waals surface area contributed by atoms with E-state index in [9.17, 15) is 0 Å². The van der Waals surface area contributed by atoms with Crippen molar-refractivity contribution >= 4 is 0 Å². The first kappa shape index (κ1) is 7.01. The fourth-order valence-electron chi connectivity index (χ4n) is 0.194. The Labute approximate surface area is 52.2 Å². The van der Waals surface area contributed by atoms with Gasteiger partial charge in [0.25, 0.3) is 0 Å². The van der Waals surface area contributed by atoms with Crippen molar-refractivity contribution in [2.45, 2.75) is 0 Å². The van der Waals surface area contributed by atoms with E-state index < -0.39 is 0 Å². The second-order valence-electron chi connectivity index (χ2n) is 1.04. The molecule has 0 aromatic rings. The summed E-state index contributed by atoms with van der Waals surface area (Å²) in [6.45, 7) is 0. The first-order valence-electron chi connectivity index (χ1n) is 2.00. The highest BCUT2D eigenvalue weighted by molar-refractivity contribution is 5.34. The highest BCUT2D eigenvalue weighted by Crippen LogP contribution is 1.82. The number of rotatable bonds is 1. The average Bonchev–Trinajstić information content (AvgIpc) is 1.91. The van der Waals surface area contributed by atoms with E-state index in [0.29, 0.717) is 0 Å². The first-order chi connectivity index (χ1) is 4.35. The molecule has 0 saturated heterocycles. The predicted molar refractivity (Wildman–Crippen MR) is 28.1 cm³/mol. The summed E-state index contributed by atoms with van der Waals surface area (Å²) in [5.74, 6) is 0. The van der Waals surface area contributed by atoms with Gasteiger partial charge in [0.1, 0.15) is 17.7 Å². The Bertz CT molecular complexity index is 215. The zero-order valence-corrected chi connectivity index (χ0v) is 4.42. The minimum absolute atomic E-state index is 0.114. The van der Waals surface area contributed by atoms with E-state index in [1.807, 2.05) is 5.32 Å². The van der Waals surface area contributed by atoms with Gasteiger partial charge in [-0.2, -0.15) is 15.8 Å². The number of allylic oxidation sites excluding steroid dienone is 1. The first-order valence-corrected chi connectivity index (χ1v) is 2.00. The second kappa shape index (κ2) is 4.18. The van der Waals surface area contributed by atoms with Crippen LogP contribution in [0.2, 0.25) is 0 Å². The molecule has 1 N–H and O–H groups in total. The summed E-state index contributed by atoms with van der Waals surface area (Å²) in [4.78, 5) is 0. The molecule has 0 aliphatic heterocycles. The third kappa shape index (κ3) is 2.68. The normalized spacial score (nSPS) is 5.44. The summed E-state index contributed by atoms with van der Waals surface area (Å²) >= 11 is 0.